The Morgan fingerprint density at radius 2 is 2.00 bits per heavy atom. The maximum atomic E-state index is 13.2. The van der Waals surface area contributed by atoms with Gasteiger partial charge in [-0.3, -0.25) is 14.4 Å². The molecule has 0 aromatic rings. The second-order valence-electron chi connectivity index (χ2n) is 8.41. The van der Waals surface area contributed by atoms with Crippen molar-refractivity contribution in [1.82, 2.24) is 0 Å². The van der Waals surface area contributed by atoms with Crippen LogP contribution in [0, 0.1) is 28.6 Å². The fraction of sp³-hybridized carbons (Fsp3) is 0.571. The average molecular weight is 388 g/mol. The molecule has 1 saturated carbocycles. The van der Waals surface area contributed by atoms with Gasteiger partial charge in [0.2, 0.25) is 0 Å². The number of carbonyl (C=O) groups is 3. The van der Waals surface area contributed by atoms with Crippen LogP contribution < -0.4 is 0 Å². The molecule has 3 aliphatic heterocycles. The van der Waals surface area contributed by atoms with Crippen LogP contribution in [0.25, 0.3) is 0 Å². The van der Waals surface area contributed by atoms with E-state index >= 15 is 0 Å². The van der Waals surface area contributed by atoms with Crippen LogP contribution in [0.5, 0.6) is 0 Å². The van der Waals surface area contributed by atoms with Crippen molar-refractivity contribution in [3.8, 4) is 0 Å². The van der Waals surface area contributed by atoms with Gasteiger partial charge in [0, 0.05) is 23.0 Å². The van der Waals surface area contributed by atoms with E-state index in [9.17, 15) is 14.4 Å². The largest absolute Gasteiger partial charge is 0.469 e. The molecule has 150 valence electrons. The van der Waals surface area contributed by atoms with E-state index in [1.54, 1.807) is 25.2 Å². The molecule has 2 bridgehead atoms. The molecule has 0 N–H and O–H groups in total. The zero-order valence-electron chi connectivity index (χ0n) is 16.4. The monoisotopic (exact) mass is 388 g/mol. The number of fused-ring (bicyclic) bond motifs is 1. The van der Waals surface area contributed by atoms with Crippen LogP contribution in [0.15, 0.2) is 36.3 Å². The fourth-order valence-electron chi connectivity index (χ4n) is 5.78. The summed E-state index contributed by atoms with van der Waals surface area (Å²) in [7, 11) is 2.71. The summed E-state index contributed by atoms with van der Waals surface area (Å²) in [5, 5.41) is 0. The molecule has 5 rings (SSSR count). The van der Waals surface area contributed by atoms with Crippen molar-refractivity contribution in [1.29, 1.82) is 0 Å². The molecule has 3 heterocycles. The Balaban J connectivity index is 2.05. The third-order valence-electron chi connectivity index (χ3n) is 7.27. The zero-order chi connectivity index (χ0) is 20.5. The lowest BCUT2D eigenvalue weighted by Crippen LogP contribution is -2.72. The van der Waals surface area contributed by atoms with Gasteiger partial charge in [0.1, 0.15) is 5.92 Å². The van der Waals surface area contributed by atoms with Crippen LogP contribution in [-0.4, -0.2) is 37.7 Å². The zero-order valence-corrected chi connectivity index (χ0v) is 16.4. The summed E-state index contributed by atoms with van der Waals surface area (Å²) in [5.74, 6) is -3.65. The third-order valence-corrected chi connectivity index (χ3v) is 7.27. The molecule has 1 spiro atoms. The molecule has 0 radical (unpaired) electrons. The first-order valence-corrected chi connectivity index (χ1v) is 9.33. The minimum Gasteiger partial charge on any atom is -0.469 e. The molecule has 28 heavy (non-hydrogen) atoms. The van der Waals surface area contributed by atoms with Crippen LogP contribution >= 0.6 is 0 Å². The molecule has 7 nitrogen and oxygen atoms in total. The van der Waals surface area contributed by atoms with Gasteiger partial charge in [0.15, 0.2) is 5.60 Å². The van der Waals surface area contributed by atoms with Gasteiger partial charge in [0.25, 0.3) is 5.95 Å². The van der Waals surface area contributed by atoms with Crippen LogP contribution in [0.3, 0.4) is 0 Å². The van der Waals surface area contributed by atoms with E-state index in [0.29, 0.717) is 18.4 Å². The van der Waals surface area contributed by atoms with E-state index in [4.69, 9.17) is 18.9 Å². The van der Waals surface area contributed by atoms with Gasteiger partial charge in [-0.1, -0.05) is 19.1 Å². The minimum absolute atomic E-state index is 0.0357. The van der Waals surface area contributed by atoms with E-state index < -0.39 is 52.1 Å². The third kappa shape index (κ3) is 1.97. The van der Waals surface area contributed by atoms with E-state index in [2.05, 4.69) is 6.58 Å². The van der Waals surface area contributed by atoms with Crippen LogP contribution in [0.4, 0.5) is 0 Å². The molecular weight excluding hydrogens is 364 g/mol. The molecule has 5 aliphatic rings. The van der Waals surface area contributed by atoms with Gasteiger partial charge in [-0.05, 0) is 19.8 Å². The van der Waals surface area contributed by atoms with Crippen LogP contribution in [-0.2, 0) is 33.3 Å². The van der Waals surface area contributed by atoms with Gasteiger partial charge in [-0.15, -0.1) is 6.58 Å². The van der Waals surface area contributed by atoms with Crippen molar-refractivity contribution in [2.45, 2.75) is 32.3 Å². The number of methoxy groups -OCH3 is 2. The molecule has 0 aromatic carbocycles. The second-order valence-corrected chi connectivity index (χ2v) is 8.41. The van der Waals surface area contributed by atoms with Gasteiger partial charge in [-0.25, -0.2) is 0 Å². The Kier molecular flexibility index (Phi) is 3.83. The highest BCUT2D eigenvalue weighted by molar-refractivity contribution is 5.92. The maximum absolute atomic E-state index is 13.2. The van der Waals surface area contributed by atoms with Crippen molar-refractivity contribution in [3.05, 3.63) is 36.3 Å². The second kappa shape index (κ2) is 5.72. The number of cyclic esters (lactones) is 1. The predicted octanol–water partition coefficient (Wildman–Crippen LogP) is 2.28. The van der Waals surface area contributed by atoms with Crippen LogP contribution in [0.2, 0.25) is 0 Å². The summed E-state index contributed by atoms with van der Waals surface area (Å²) in [6.07, 6.45) is 6.17. The molecule has 0 amide bonds. The molecule has 7 heteroatoms. The number of rotatable bonds is 3. The molecule has 6 atom stereocenters. The topological polar surface area (TPSA) is 88.1 Å². The van der Waals surface area contributed by atoms with Gasteiger partial charge in [-0.2, -0.15) is 0 Å². The first-order valence-electron chi connectivity index (χ1n) is 9.33. The average Bonchev–Trinajstić information content (AvgIpc) is 2.79. The van der Waals surface area contributed by atoms with E-state index in [1.165, 1.54) is 14.2 Å². The van der Waals surface area contributed by atoms with E-state index in [1.807, 2.05) is 6.92 Å². The molecule has 0 aromatic heterocycles. The van der Waals surface area contributed by atoms with Crippen LogP contribution in [0.1, 0.15) is 26.7 Å². The Hall–Kier alpha value is -2.57. The number of carbonyl (C=O) groups excluding carboxylic acids is 3. The Morgan fingerprint density at radius 3 is 2.61 bits per heavy atom. The highest BCUT2D eigenvalue weighted by Gasteiger charge is 2.76. The lowest BCUT2D eigenvalue weighted by atomic mass is 9.43. The number of esters is 3. The lowest BCUT2D eigenvalue weighted by molar-refractivity contribution is -0.239. The van der Waals surface area contributed by atoms with Crippen molar-refractivity contribution in [3.63, 3.8) is 0 Å². The maximum Gasteiger partial charge on any atom is 0.322 e. The summed E-state index contributed by atoms with van der Waals surface area (Å²) in [5.41, 5.74) is -2.54. The molecular formula is C21H24O7. The SMILES string of the molecule is C=CC1(C)CCC2C(C)(C(=O)OC)C3C=C4C=C(OC)OC(=O)C1C42OC3=O. The number of ether oxygens (including phenoxy) is 4. The highest BCUT2D eigenvalue weighted by atomic mass is 16.7. The van der Waals surface area contributed by atoms with Crippen molar-refractivity contribution in [2.24, 2.45) is 28.6 Å². The molecule has 6 unspecified atom stereocenters. The van der Waals surface area contributed by atoms with E-state index in [0.717, 1.165) is 0 Å². The summed E-state index contributed by atoms with van der Waals surface area (Å²) in [6, 6.07) is 0. The van der Waals surface area contributed by atoms with E-state index in [-0.39, 0.29) is 5.95 Å². The Labute approximate surface area is 163 Å². The van der Waals surface area contributed by atoms with Crippen molar-refractivity contribution in [2.75, 3.05) is 14.2 Å². The Morgan fingerprint density at radius 1 is 1.29 bits per heavy atom. The molecule has 2 aliphatic carbocycles. The summed E-state index contributed by atoms with van der Waals surface area (Å²) in [4.78, 5) is 39.1. The normalized spacial score (nSPS) is 43.5. The fourth-order valence-corrected chi connectivity index (χ4v) is 5.78. The number of hydrogen-bond acceptors (Lipinski definition) is 7. The van der Waals surface area contributed by atoms with Gasteiger partial charge in [0.05, 0.1) is 25.6 Å². The number of hydrogen-bond donors (Lipinski definition) is 0. The summed E-state index contributed by atoms with van der Waals surface area (Å²) >= 11 is 0. The number of allylic oxidation sites excluding steroid dienone is 1. The van der Waals surface area contributed by atoms with Gasteiger partial charge < -0.3 is 18.9 Å². The Bertz CT molecular complexity index is 855. The highest BCUT2D eigenvalue weighted by Crippen LogP contribution is 2.67. The van der Waals surface area contributed by atoms with Crippen molar-refractivity contribution >= 4 is 17.9 Å². The molecule has 1 saturated heterocycles. The molecule has 2 fully saturated rings. The summed E-state index contributed by atoms with van der Waals surface area (Å²) in [6.45, 7) is 7.55. The van der Waals surface area contributed by atoms with Gasteiger partial charge >= 0.3 is 17.9 Å². The first-order chi connectivity index (χ1) is 13.2. The minimum atomic E-state index is -1.34. The standard InChI is InChI=1S/C21H24O7/c1-6-19(2)8-7-13-20(3,18(24)26-5)12-9-11-10-14(25-4)27-17(23)15(19)21(11,13)28-16(12)22/h6,9-10,12-13,15H,1,7-8H2,2-5H3. The quantitative estimate of drug-likeness (QED) is 0.416. The first kappa shape index (κ1) is 18.8. The smallest absolute Gasteiger partial charge is 0.322 e. The predicted molar refractivity (Wildman–Crippen MR) is 96.2 cm³/mol. The lowest BCUT2D eigenvalue weighted by Gasteiger charge is -2.63. The van der Waals surface area contributed by atoms with Crippen molar-refractivity contribution < 1.29 is 33.3 Å². The summed E-state index contributed by atoms with van der Waals surface area (Å²) < 4.78 is 21.8.